The minimum Gasteiger partial charge on any atom is -0.508 e. The van der Waals surface area contributed by atoms with Crippen molar-refractivity contribution < 1.29 is 15.0 Å². The maximum absolute atomic E-state index is 11.1. The lowest BCUT2D eigenvalue weighted by Crippen LogP contribution is -2.39. The van der Waals surface area contributed by atoms with Gasteiger partial charge in [0, 0.05) is 0 Å². The summed E-state index contributed by atoms with van der Waals surface area (Å²) >= 11 is 0. The third-order valence-electron chi connectivity index (χ3n) is 2.85. The molecule has 0 fully saturated rings. The van der Waals surface area contributed by atoms with Crippen molar-refractivity contribution in [1.82, 2.24) is 5.32 Å². The van der Waals surface area contributed by atoms with Gasteiger partial charge in [0.25, 0.3) is 0 Å². The summed E-state index contributed by atoms with van der Waals surface area (Å²) in [6.45, 7) is 2.84. The van der Waals surface area contributed by atoms with Crippen molar-refractivity contribution in [3.8, 4) is 5.75 Å². The van der Waals surface area contributed by atoms with Crippen LogP contribution in [0.3, 0.4) is 0 Å². The van der Waals surface area contributed by atoms with Crippen LogP contribution in [0.1, 0.15) is 31.7 Å². The maximum atomic E-state index is 11.1. The number of aliphatic carboxylic acids is 1. The average Bonchev–Trinajstić information content (AvgIpc) is 2.35. The van der Waals surface area contributed by atoms with E-state index in [0.717, 1.165) is 31.4 Å². The highest BCUT2D eigenvalue weighted by molar-refractivity contribution is 5.73. The lowest BCUT2D eigenvalue weighted by molar-refractivity contribution is -0.139. The Kier molecular flexibility index (Phi) is 6.22. The van der Waals surface area contributed by atoms with Gasteiger partial charge in [-0.05, 0) is 37.1 Å². The molecule has 4 heteroatoms. The summed E-state index contributed by atoms with van der Waals surface area (Å²) in [6, 6.07) is 6.08. The molecule has 0 saturated carbocycles. The van der Waals surface area contributed by atoms with Crippen LogP contribution in [0.5, 0.6) is 5.75 Å². The van der Waals surface area contributed by atoms with Crippen molar-refractivity contribution >= 4 is 5.97 Å². The third kappa shape index (κ3) is 5.19. The van der Waals surface area contributed by atoms with Crippen LogP contribution < -0.4 is 5.32 Å². The van der Waals surface area contributed by atoms with E-state index in [-0.39, 0.29) is 5.75 Å². The number of nitrogens with one attached hydrogen (secondary N) is 1. The van der Waals surface area contributed by atoms with Gasteiger partial charge < -0.3 is 15.5 Å². The molecule has 1 aromatic rings. The first-order valence-electron chi connectivity index (χ1n) is 6.37. The fourth-order valence-electron chi connectivity index (χ4n) is 1.77. The summed E-state index contributed by atoms with van der Waals surface area (Å²) in [7, 11) is 0. The Morgan fingerprint density at radius 3 is 2.50 bits per heavy atom. The molecule has 0 aliphatic rings. The Balaban J connectivity index is 2.47. The van der Waals surface area contributed by atoms with Gasteiger partial charge in [0.15, 0.2) is 0 Å². The van der Waals surface area contributed by atoms with Gasteiger partial charge in [-0.3, -0.25) is 4.79 Å². The van der Waals surface area contributed by atoms with E-state index in [1.165, 1.54) is 0 Å². The molecule has 0 unspecified atom stereocenters. The number of rotatable bonds is 8. The molecule has 0 heterocycles. The SMILES string of the molecule is CCCCCN[C@@H](Cc1ccc(O)cc1)C(=O)O. The zero-order valence-corrected chi connectivity index (χ0v) is 10.7. The van der Waals surface area contributed by atoms with Gasteiger partial charge in [0.05, 0.1) is 0 Å². The molecule has 0 amide bonds. The summed E-state index contributed by atoms with van der Waals surface area (Å²) < 4.78 is 0. The fourth-order valence-corrected chi connectivity index (χ4v) is 1.77. The van der Waals surface area contributed by atoms with Crippen LogP contribution in [0.15, 0.2) is 24.3 Å². The number of hydrogen-bond donors (Lipinski definition) is 3. The van der Waals surface area contributed by atoms with Gasteiger partial charge in [-0.25, -0.2) is 0 Å². The maximum Gasteiger partial charge on any atom is 0.321 e. The Morgan fingerprint density at radius 2 is 1.94 bits per heavy atom. The first-order valence-corrected chi connectivity index (χ1v) is 6.37. The first-order chi connectivity index (χ1) is 8.63. The number of carboxylic acid groups (broad SMARTS) is 1. The molecule has 0 bridgehead atoms. The van der Waals surface area contributed by atoms with Crippen LogP contribution in [0.25, 0.3) is 0 Å². The van der Waals surface area contributed by atoms with Gasteiger partial charge in [0.1, 0.15) is 11.8 Å². The van der Waals surface area contributed by atoms with E-state index in [2.05, 4.69) is 12.2 Å². The van der Waals surface area contributed by atoms with Gasteiger partial charge in [-0.1, -0.05) is 31.9 Å². The fraction of sp³-hybridized carbons (Fsp3) is 0.500. The minimum atomic E-state index is -0.834. The molecule has 0 aliphatic carbocycles. The van der Waals surface area contributed by atoms with Crippen LogP contribution in [0, 0.1) is 0 Å². The van der Waals surface area contributed by atoms with E-state index in [1.54, 1.807) is 24.3 Å². The smallest absolute Gasteiger partial charge is 0.321 e. The highest BCUT2D eigenvalue weighted by Gasteiger charge is 2.16. The second kappa shape index (κ2) is 7.71. The first kappa shape index (κ1) is 14.5. The zero-order valence-electron chi connectivity index (χ0n) is 10.7. The molecule has 4 nitrogen and oxygen atoms in total. The van der Waals surface area contributed by atoms with E-state index in [0.29, 0.717) is 6.42 Å². The van der Waals surface area contributed by atoms with E-state index >= 15 is 0 Å². The molecule has 0 spiro atoms. The summed E-state index contributed by atoms with van der Waals surface area (Å²) in [5, 5.41) is 21.4. The van der Waals surface area contributed by atoms with Crippen LogP contribution in [0.2, 0.25) is 0 Å². The predicted molar refractivity (Wildman–Crippen MR) is 70.8 cm³/mol. The van der Waals surface area contributed by atoms with Crippen molar-refractivity contribution in [1.29, 1.82) is 0 Å². The Bertz CT molecular complexity index is 362. The number of aromatic hydroxyl groups is 1. The number of carbonyl (C=O) groups is 1. The second-order valence-electron chi connectivity index (χ2n) is 4.42. The topological polar surface area (TPSA) is 69.6 Å². The van der Waals surface area contributed by atoms with Crippen LogP contribution in [-0.2, 0) is 11.2 Å². The number of carboxylic acids is 1. The largest absolute Gasteiger partial charge is 0.508 e. The molecule has 3 N–H and O–H groups in total. The molecule has 0 aromatic heterocycles. The molecule has 100 valence electrons. The highest BCUT2D eigenvalue weighted by atomic mass is 16.4. The van der Waals surface area contributed by atoms with Crippen molar-refractivity contribution in [2.75, 3.05) is 6.54 Å². The van der Waals surface area contributed by atoms with Crippen LogP contribution in [0.4, 0.5) is 0 Å². The lowest BCUT2D eigenvalue weighted by atomic mass is 10.1. The molecule has 1 atom stereocenters. The van der Waals surface area contributed by atoms with Gasteiger partial charge in [-0.15, -0.1) is 0 Å². The molecule has 18 heavy (non-hydrogen) atoms. The van der Waals surface area contributed by atoms with E-state index < -0.39 is 12.0 Å². The van der Waals surface area contributed by atoms with Gasteiger partial charge in [-0.2, -0.15) is 0 Å². The number of unbranched alkanes of at least 4 members (excludes halogenated alkanes) is 2. The predicted octanol–water partition coefficient (Wildman–Crippen LogP) is 2.17. The van der Waals surface area contributed by atoms with Gasteiger partial charge >= 0.3 is 5.97 Å². The molecule has 0 radical (unpaired) electrons. The standard InChI is InChI=1S/C14H21NO3/c1-2-3-4-9-15-13(14(17)18)10-11-5-7-12(16)8-6-11/h5-8,13,15-16H,2-4,9-10H2,1H3,(H,17,18)/t13-/m0/s1. The van der Waals surface area contributed by atoms with Crippen LogP contribution in [-0.4, -0.2) is 28.8 Å². The van der Waals surface area contributed by atoms with Crippen LogP contribution >= 0.6 is 0 Å². The molecular formula is C14H21NO3. The zero-order chi connectivity index (χ0) is 13.4. The number of phenolic OH excluding ortho intramolecular Hbond substituents is 1. The highest BCUT2D eigenvalue weighted by Crippen LogP contribution is 2.11. The van der Waals surface area contributed by atoms with E-state index in [9.17, 15) is 4.79 Å². The molecule has 1 aromatic carbocycles. The van der Waals surface area contributed by atoms with Crippen molar-refractivity contribution in [3.63, 3.8) is 0 Å². The summed E-state index contributed by atoms with van der Waals surface area (Å²) in [5.41, 5.74) is 0.906. The van der Waals surface area contributed by atoms with E-state index in [4.69, 9.17) is 10.2 Å². The molecular weight excluding hydrogens is 230 g/mol. The van der Waals surface area contributed by atoms with Crippen molar-refractivity contribution in [2.45, 2.75) is 38.6 Å². The molecule has 0 saturated heterocycles. The number of phenols is 1. The number of hydrogen-bond acceptors (Lipinski definition) is 3. The quantitative estimate of drug-likeness (QED) is 0.619. The van der Waals surface area contributed by atoms with Gasteiger partial charge in [0.2, 0.25) is 0 Å². The average molecular weight is 251 g/mol. The lowest BCUT2D eigenvalue weighted by Gasteiger charge is -2.14. The summed E-state index contributed by atoms with van der Waals surface area (Å²) in [4.78, 5) is 11.1. The molecule has 1 rings (SSSR count). The molecule has 0 aliphatic heterocycles. The Hall–Kier alpha value is -1.55. The van der Waals surface area contributed by atoms with Crippen molar-refractivity contribution in [3.05, 3.63) is 29.8 Å². The summed E-state index contributed by atoms with van der Waals surface area (Å²) in [6.07, 6.45) is 3.66. The normalized spacial score (nSPS) is 12.3. The Labute approximate surface area is 108 Å². The third-order valence-corrected chi connectivity index (χ3v) is 2.85. The van der Waals surface area contributed by atoms with Crippen molar-refractivity contribution in [2.24, 2.45) is 0 Å². The van der Waals surface area contributed by atoms with E-state index in [1.807, 2.05) is 0 Å². The second-order valence-corrected chi connectivity index (χ2v) is 4.42. The monoisotopic (exact) mass is 251 g/mol. The summed E-state index contributed by atoms with van der Waals surface area (Å²) in [5.74, 6) is -0.638. The minimum absolute atomic E-state index is 0.196. The number of benzene rings is 1. The Morgan fingerprint density at radius 1 is 1.28 bits per heavy atom.